The molecule has 2 fully saturated rings. The maximum absolute atomic E-state index is 12.1. The molecule has 2 aliphatic rings. The van der Waals surface area contributed by atoms with Gasteiger partial charge in [-0.3, -0.25) is 4.79 Å². The first kappa shape index (κ1) is 17.8. The molecule has 0 radical (unpaired) electrons. The van der Waals surface area contributed by atoms with Crippen molar-refractivity contribution >= 4 is 47.2 Å². The Balaban J connectivity index is 0.00000176. The molecule has 0 aromatic heterocycles. The lowest BCUT2D eigenvalue weighted by molar-refractivity contribution is -0.116. The third-order valence-corrected chi connectivity index (χ3v) is 4.98. The van der Waals surface area contributed by atoms with E-state index in [0.29, 0.717) is 22.2 Å². The lowest BCUT2D eigenvalue weighted by Crippen LogP contribution is -2.29. The van der Waals surface area contributed by atoms with Gasteiger partial charge < -0.3 is 15.5 Å². The second kappa shape index (κ2) is 7.84. The van der Waals surface area contributed by atoms with Crippen LogP contribution in [-0.2, 0) is 4.79 Å². The van der Waals surface area contributed by atoms with Crippen molar-refractivity contribution in [1.82, 2.24) is 10.2 Å². The largest absolute Gasteiger partial charge is 0.324 e. The van der Waals surface area contributed by atoms with E-state index in [4.69, 9.17) is 23.2 Å². The number of amides is 1. The van der Waals surface area contributed by atoms with Crippen LogP contribution in [0.5, 0.6) is 0 Å². The number of para-hydroxylation sites is 1. The SMILES string of the molecule is Cl.O=C(CCN1C[C@H]2CNC[C@H]2C1)Nc1c(Cl)cccc1Cl. The fraction of sp³-hybridized carbons (Fsp3) is 0.533. The van der Waals surface area contributed by atoms with Gasteiger partial charge in [-0.05, 0) is 37.1 Å². The van der Waals surface area contributed by atoms with Gasteiger partial charge in [-0.2, -0.15) is 0 Å². The number of nitrogens with one attached hydrogen (secondary N) is 2. The van der Waals surface area contributed by atoms with Crippen molar-refractivity contribution < 1.29 is 4.79 Å². The summed E-state index contributed by atoms with van der Waals surface area (Å²) in [5, 5.41) is 7.17. The van der Waals surface area contributed by atoms with E-state index in [9.17, 15) is 4.79 Å². The normalized spacial score (nSPS) is 23.9. The molecule has 0 spiro atoms. The summed E-state index contributed by atoms with van der Waals surface area (Å²) in [7, 11) is 0. The van der Waals surface area contributed by atoms with Crippen LogP contribution in [0.25, 0.3) is 0 Å². The van der Waals surface area contributed by atoms with Crippen molar-refractivity contribution in [2.24, 2.45) is 11.8 Å². The van der Waals surface area contributed by atoms with Crippen LogP contribution in [0.2, 0.25) is 10.0 Å². The van der Waals surface area contributed by atoms with Gasteiger partial charge in [0.15, 0.2) is 0 Å². The van der Waals surface area contributed by atoms with Crippen LogP contribution in [0.1, 0.15) is 6.42 Å². The number of hydrogen-bond donors (Lipinski definition) is 2. The minimum atomic E-state index is -0.0415. The van der Waals surface area contributed by atoms with Gasteiger partial charge in [-0.25, -0.2) is 0 Å². The number of benzene rings is 1. The number of carbonyl (C=O) groups excluding carboxylic acids is 1. The second-order valence-electron chi connectivity index (χ2n) is 5.83. The molecule has 7 heteroatoms. The maximum Gasteiger partial charge on any atom is 0.225 e. The van der Waals surface area contributed by atoms with E-state index in [2.05, 4.69) is 15.5 Å². The Kier molecular flexibility index (Phi) is 6.36. The van der Waals surface area contributed by atoms with Crippen molar-refractivity contribution in [1.29, 1.82) is 0 Å². The minimum Gasteiger partial charge on any atom is -0.324 e. The van der Waals surface area contributed by atoms with E-state index >= 15 is 0 Å². The summed E-state index contributed by atoms with van der Waals surface area (Å²) >= 11 is 12.1. The van der Waals surface area contributed by atoms with Gasteiger partial charge in [-0.1, -0.05) is 29.3 Å². The molecule has 4 nitrogen and oxygen atoms in total. The lowest BCUT2D eigenvalue weighted by atomic mass is 10.0. The van der Waals surface area contributed by atoms with Gasteiger partial charge in [0, 0.05) is 26.1 Å². The zero-order valence-electron chi connectivity index (χ0n) is 12.1. The Labute approximate surface area is 146 Å². The summed E-state index contributed by atoms with van der Waals surface area (Å²) in [5.74, 6) is 1.47. The summed E-state index contributed by atoms with van der Waals surface area (Å²) in [6.07, 6.45) is 0.467. The topological polar surface area (TPSA) is 44.4 Å². The van der Waals surface area contributed by atoms with Gasteiger partial charge in [0.25, 0.3) is 0 Å². The summed E-state index contributed by atoms with van der Waals surface area (Å²) in [6, 6.07) is 5.20. The van der Waals surface area contributed by atoms with E-state index in [0.717, 1.165) is 44.6 Å². The molecule has 2 atom stereocenters. The highest BCUT2D eigenvalue weighted by Gasteiger charge is 2.35. The van der Waals surface area contributed by atoms with Crippen LogP contribution in [-0.4, -0.2) is 43.5 Å². The highest BCUT2D eigenvalue weighted by Crippen LogP contribution is 2.30. The molecule has 0 saturated carbocycles. The van der Waals surface area contributed by atoms with Gasteiger partial charge in [0.1, 0.15) is 0 Å². The standard InChI is InChI=1S/C15H19Cl2N3O.ClH/c16-12-2-1-3-13(17)15(12)19-14(21)4-5-20-8-10-6-18-7-11(10)9-20;/h1-3,10-11,18H,4-9H2,(H,19,21);1H/t10-,11+;. The first-order valence-electron chi connectivity index (χ1n) is 7.30. The molecule has 0 aliphatic carbocycles. The summed E-state index contributed by atoms with van der Waals surface area (Å²) in [6.45, 7) is 5.21. The monoisotopic (exact) mass is 363 g/mol. The smallest absolute Gasteiger partial charge is 0.225 e. The molecule has 1 aromatic carbocycles. The molecule has 2 N–H and O–H groups in total. The van der Waals surface area contributed by atoms with Crippen molar-refractivity contribution in [2.45, 2.75) is 6.42 Å². The molecule has 2 heterocycles. The maximum atomic E-state index is 12.1. The molecule has 2 saturated heterocycles. The Hall–Kier alpha value is -0.520. The third kappa shape index (κ3) is 4.06. The predicted octanol–water partition coefficient (Wildman–Crippen LogP) is 2.90. The summed E-state index contributed by atoms with van der Waals surface area (Å²) < 4.78 is 0. The van der Waals surface area contributed by atoms with Crippen molar-refractivity contribution in [3.05, 3.63) is 28.2 Å². The molecule has 3 rings (SSSR count). The van der Waals surface area contributed by atoms with Crippen LogP contribution in [0.3, 0.4) is 0 Å². The van der Waals surface area contributed by atoms with E-state index in [1.165, 1.54) is 0 Å². The van der Waals surface area contributed by atoms with Crippen LogP contribution < -0.4 is 10.6 Å². The van der Waals surface area contributed by atoms with E-state index < -0.39 is 0 Å². The first-order valence-corrected chi connectivity index (χ1v) is 8.06. The van der Waals surface area contributed by atoms with E-state index in [1.807, 2.05) is 0 Å². The third-order valence-electron chi connectivity index (χ3n) is 4.35. The Morgan fingerprint density at radius 1 is 1.23 bits per heavy atom. The fourth-order valence-corrected chi connectivity index (χ4v) is 3.71. The van der Waals surface area contributed by atoms with Crippen LogP contribution >= 0.6 is 35.6 Å². The molecule has 1 aromatic rings. The van der Waals surface area contributed by atoms with Crippen molar-refractivity contribution in [3.8, 4) is 0 Å². The first-order chi connectivity index (χ1) is 10.1. The molecule has 1 amide bonds. The molecule has 122 valence electrons. The number of halogens is 3. The van der Waals surface area contributed by atoms with Crippen molar-refractivity contribution in [3.63, 3.8) is 0 Å². The fourth-order valence-electron chi connectivity index (χ4n) is 3.21. The van der Waals surface area contributed by atoms with Crippen LogP contribution in [0, 0.1) is 11.8 Å². The molecule has 0 unspecified atom stereocenters. The molecule has 2 aliphatic heterocycles. The van der Waals surface area contributed by atoms with Gasteiger partial charge in [-0.15, -0.1) is 12.4 Å². The molecule has 22 heavy (non-hydrogen) atoms. The van der Waals surface area contributed by atoms with Gasteiger partial charge in [0.2, 0.25) is 5.91 Å². The predicted molar refractivity (Wildman–Crippen MR) is 93.2 cm³/mol. The average Bonchev–Trinajstić information content (AvgIpc) is 3.01. The number of anilines is 1. The minimum absolute atomic E-state index is 0. The zero-order chi connectivity index (χ0) is 14.8. The van der Waals surface area contributed by atoms with Gasteiger partial charge in [0.05, 0.1) is 15.7 Å². The van der Waals surface area contributed by atoms with Crippen LogP contribution in [0.15, 0.2) is 18.2 Å². The zero-order valence-corrected chi connectivity index (χ0v) is 14.5. The summed E-state index contributed by atoms with van der Waals surface area (Å²) in [4.78, 5) is 14.4. The Morgan fingerprint density at radius 2 is 1.82 bits per heavy atom. The Bertz CT molecular complexity index is 509. The second-order valence-corrected chi connectivity index (χ2v) is 6.65. The number of nitrogens with zero attached hydrogens (tertiary/aromatic N) is 1. The Morgan fingerprint density at radius 3 is 2.41 bits per heavy atom. The van der Waals surface area contributed by atoms with Crippen molar-refractivity contribution in [2.75, 3.05) is 38.0 Å². The summed E-state index contributed by atoms with van der Waals surface area (Å²) in [5.41, 5.74) is 0.508. The van der Waals surface area contributed by atoms with E-state index in [-0.39, 0.29) is 18.3 Å². The molecule has 0 bridgehead atoms. The highest BCUT2D eigenvalue weighted by atomic mass is 35.5. The number of likely N-dealkylation sites (tertiary alicyclic amines) is 1. The number of fused-ring (bicyclic) bond motifs is 1. The highest BCUT2D eigenvalue weighted by molar-refractivity contribution is 6.39. The van der Waals surface area contributed by atoms with Crippen LogP contribution in [0.4, 0.5) is 5.69 Å². The van der Waals surface area contributed by atoms with Gasteiger partial charge >= 0.3 is 0 Å². The lowest BCUT2D eigenvalue weighted by Gasteiger charge is -2.16. The molecular formula is C15H20Cl3N3O. The molecular weight excluding hydrogens is 345 g/mol. The van der Waals surface area contributed by atoms with E-state index in [1.54, 1.807) is 18.2 Å². The number of hydrogen-bond acceptors (Lipinski definition) is 3. The quantitative estimate of drug-likeness (QED) is 0.863. The number of carbonyl (C=O) groups is 1. The average molecular weight is 365 g/mol. The number of rotatable bonds is 4.